The normalized spacial score (nSPS) is 12.5. The molecule has 0 spiro atoms. The highest BCUT2D eigenvalue weighted by atomic mass is 16.4. The van der Waals surface area contributed by atoms with Gasteiger partial charge in [0.15, 0.2) is 6.10 Å². The first-order chi connectivity index (χ1) is 6.02. The maximum atomic E-state index is 10.4. The maximum absolute atomic E-state index is 10.4. The number of aliphatic carboxylic acids is 1. The van der Waals surface area contributed by atoms with E-state index in [2.05, 4.69) is 0 Å². The van der Waals surface area contributed by atoms with Crippen LogP contribution in [0.25, 0.3) is 0 Å². The highest BCUT2D eigenvalue weighted by Gasteiger charge is 2.19. The first-order valence-corrected chi connectivity index (χ1v) is 3.72. The molecule has 13 heavy (non-hydrogen) atoms. The lowest BCUT2D eigenvalue weighted by molar-refractivity contribution is -0.147. The number of rotatable bonds is 2. The zero-order valence-electron chi connectivity index (χ0n) is 7.06. The van der Waals surface area contributed by atoms with Gasteiger partial charge in [-0.2, -0.15) is 0 Å². The molecule has 0 radical (unpaired) electrons. The Balaban J connectivity index is 3.12. The minimum absolute atomic E-state index is 0.0208. The molecule has 0 aliphatic rings. The number of phenols is 1. The van der Waals surface area contributed by atoms with E-state index < -0.39 is 12.1 Å². The van der Waals surface area contributed by atoms with E-state index in [0.29, 0.717) is 0 Å². The zero-order chi connectivity index (χ0) is 10.0. The van der Waals surface area contributed by atoms with Crippen LogP contribution >= 0.6 is 0 Å². The van der Waals surface area contributed by atoms with Crippen LogP contribution < -0.4 is 0 Å². The summed E-state index contributed by atoms with van der Waals surface area (Å²) in [7, 11) is 0. The first kappa shape index (κ1) is 9.54. The third-order valence-electron chi connectivity index (χ3n) is 1.71. The molecule has 0 bridgehead atoms. The molecule has 0 aliphatic carbocycles. The van der Waals surface area contributed by atoms with E-state index in [1.165, 1.54) is 12.1 Å². The lowest BCUT2D eigenvalue weighted by Gasteiger charge is -2.08. The van der Waals surface area contributed by atoms with Crippen molar-refractivity contribution in [1.82, 2.24) is 0 Å². The van der Waals surface area contributed by atoms with Crippen molar-refractivity contribution in [3.05, 3.63) is 29.3 Å². The second-order valence-corrected chi connectivity index (χ2v) is 2.80. The van der Waals surface area contributed by atoms with Crippen LogP contribution in [0, 0.1) is 6.92 Å². The van der Waals surface area contributed by atoms with Crippen molar-refractivity contribution in [2.75, 3.05) is 0 Å². The molecule has 70 valence electrons. The standard InChI is InChI=1S/C9H10O4/c1-5-2-3-7(10)6(4-5)8(11)9(12)13/h2-4,8,10-11H,1H3,(H,12,13)/t8-/m1/s1. The van der Waals surface area contributed by atoms with Gasteiger partial charge in [-0.1, -0.05) is 11.6 Å². The monoisotopic (exact) mass is 182 g/mol. The van der Waals surface area contributed by atoms with Crippen LogP contribution in [0.2, 0.25) is 0 Å². The van der Waals surface area contributed by atoms with Gasteiger partial charge in [0.1, 0.15) is 5.75 Å². The van der Waals surface area contributed by atoms with Gasteiger partial charge in [0.05, 0.1) is 0 Å². The van der Waals surface area contributed by atoms with Crippen molar-refractivity contribution in [3.63, 3.8) is 0 Å². The number of carboxylic acid groups (broad SMARTS) is 1. The van der Waals surface area contributed by atoms with Gasteiger partial charge in [-0.15, -0.1) is 0 Å². The summed E-state index contributed by atoms with van der Waals surface area (Å²) in [5, 5.41) is 26.9. The second-order valence-electron chi connectivity index (χ2n) is 2.80. The molecular weight excluding hydrogens is 172 g/mol. The molecule has 0 saturated carbocycles. The Morgan fingerprint density at radius 3 is 2.62 bits per heavy atom. The third kappa shape index (κ3) is 1.97. The minimum atomic E-state index is -1.67. The van der Waals surface area contributed by atoms with E-state index in [9.17, 15) is 9.90 Å². The van der Waals surface area contributed by atoms with Gasteiger partial charge in [-0.3, -0.25) is 0 Å². The van der Waals surface area contributed by atoms with Crippen molar-refractivity contribution in [1.29, 1.82) is 0 Å². The van der Waals surface area contributed by atoms with Crippen LogP contribution in [0.1, 0.15) is 17.2 Å². The Bertz CT molecular complexity index is 332. The van der Waals surface area contributed by atoms with Crippen molar-refractivity contribution in [3.8, 4) is 5.75 Å². The predicted molar refractivity (Wildman–Crippen MR) is 45.4 cm³/mol. The van der Waals surface area contributed by atoms with E-state index >= 15 is 0 Å². The number of aryl methyl sites for hydroxylation is 1. The van der Waals surface area contributed by atoms with E-state index in [-0.39, 0.29) is 11.3 Å². The fourth-order valence-electron chi connectivity index (χ4n) is 1.03. The Kier molecular flexibility index (Phi) is 2.53. The fraction of sp³-hybridized carbons (Fsp3) is 0.222. The lowest BCUT2D eigenvalue weighted by atomic mass is 10.1. The quantitative estimate of drug-likeness (QED) is 0.632. The average Bonchev–Trinajstić information content (AvgIpc) is 2.08. The molecule has 0 fully saturated rings. The summed E-state index contributed by atoms with van der Waals surface area (Å²) < 4.78 is 0. The summed E-state index contributed by atoms with van der Waals surface area (Å²) in [5.41, 5.74) is 0.806. The van der Waals surface area contributed by atoms with Gasteiger partial charge in [-0.05, 0) is 19.1 Å². The lowest BCUT2D eigenvalue weighted by Crippen LogP contribution is -2.10. The molecule has 0 heterocycles. The van der Waals surface area contributed by atoms with E-state index in [1.54, 1.807) is 13.0 Å². The Hall–Kier alpha value is -1.55. The van der Waals surface area contributed by atoms with Gasteiger partial charge in [-0.25, -0.2) is 4.79 Å². The van der Waals surface area contributed by atoms with Crippen molar-refractivity contribution in [2.45, 2.75) is 13.0 Å². The topological polar surface area (TPSA) is 77.8 Å². The maximum Gasteiger partial charge on any atom is 0.337 e. The minimum Gasteiger partial charge on any atom is -0.508 e. The van der Waals surface area contributed by atoms with Gasteiger partial charge in [0.25, 0.3) is 0 Å². The van der Waals surface area contributed by atoms with Gasteiger partial charge < -0.3 is 15.3 Å². The molecule has 4 nitrogen and oxygen atoms in total. The van der Waals surface area contributed by atoms with Crippen LogP contribution in [-0.2, 0) is 4.79 Å². The number of carbonyl (C=O) groups is 1. The third-order valence-corrected chi connectivity index (χ3v) is 1.71. The molecule has 1 aromatic carbocycles. The predicted octanol–water partition coefficient (Wildman–Crippen LogP) is 0.819. The Labute approximate surface area is 75.1 Å². The number of aliphatic hydroxyl groups is 1. The van der Waals surface area contributed by atoms with E-state index in [1.807, 2.05) is 0 Å². The van der Waals surface area contributed by atoms with Crippen LogP contribution in [0.4, 0.5) is 0 Å². The highest BCUT2D eigenvalue weighted by molar-refractivity contribution is 5.75. The van der Waals surface area contributed by atoms with E-state index in [0.717, 1.165) is 5.56 Å². The van der Waals surface area contributed by atoms with Crippen molar-refractivity contribution < 1.29 is 20.1 Å². The SMILES string of the molecule is Cc1ccc(O)c([C@@H](O)C(=O)O)c1. The molecule has 3 N–H and O–H groups in total. The Morgan fingerprint density at radius 1 is 1.46 bits per heavy atom. The number of hydrogen-bond acceptors (Lipinski definition) is 3. The zero-order valence-corrected chi connectivity index (χ0v) is 7.06. The summed E-state index contributed by atoms with van der Waals surface area (Å²) >= 11 is 0. The Morgan fingerprint density at radius 2 is 2.08 bits per heavy atom. The summed E-state index contributed by atoms with van der Waals surface area (Å²) in [6, 6.07) is 4.43. The molecule has 0 aliphatic heterocycles. The summed E-state index contributed by atoms with van der Waals surface area (Å²) in [4.78, 5) is 10.4. The van der Waals surface area contributed by atoms with Crippen molar-refractivity contribution >= 4 is 5.97 Å². The molecular formula is C9H10O4. The average molecular weight is 182 g/mol. The molecule has 0 amide bonds. The van der Waals surface area contributed by atoms with E-state index in [4.69, 9.17) is 10.2 Å². The summed E-state index contributed by atoms with van der Waals surface area (Å²) in [6.07, 6.45) is -1.67. The molecule has 0 aromatic heterocycles. The smallest absolute Gasteiger partial charge is 0.337 e. The number of carboxylic acids is 1. The largest absolute Gasteiger partial charge is 0.508 e. The van der Waals surface area contributed by atoms with Crippen molar-refractivity contribution in [2.24, 2.45) is 0 Å². The van der Waals surface area contributed by atoms with Gasteiger partial charge in [0.2, 0.25) is 0 Å². The fourth-order valence-corrected chi connectivity index (χ4v) is 1.03. The first-order valence-electron chi connectivity index (χ1n) is 3.72. The van der Waals surface area contributed by atoms with Crippen LogP contribution in [0.3, 0.4) is 0 Å². The molecule has 1 rings (SSSR count). The molecule has 0 saturated heterocycles. The molecule has 0 unspecified atom stereocenters. The van der Waals surface area contributed by atoms with Gasteiger partial charge in [0, 0.05) is 5.56 Å². The number of hydrogen-bond donors (Lipinski definition) is 3. The number of aliphatic hydroxyl groups excluding tert-OH is 1. The second kappa shape index (κ2) is 3.45. The van der Waals surface area contributed by atoms with Crippen LogP contribution in [0.15, 0.2) is 18.2 Å². The highest BCUT2D eigenvalue weighted by Crippen LogP contribution is 2.24. The molecule has 1 atom stereocenters. The number of aromatic hydroxyl groups is 1. The van der Waals surface area contributed by atoms with Crippen LogP contribution in [-0.4, -0.2) is 21.3 Å². The molecule has 4 heteroatoms. The van der Waals surface area contributed by atoms with Crippen LogP contribution in [0.5, 0.6) is 5.75 Å². The van der Waals surface area contributed by atoms with Gasteiger partial charge >= 0.3 is 5.97 Å². The number of benzene rings is 1. The summed E-state index contributed by atoms with van der Waals surface area (Å²) in [6.45, 7) is 1.75. The summed E-state index contributed by atoms with van der Waals surface area (Å²) in [5.74, 6) is -1.58. The molecule has 1 aromatic rings. The number of phenolic OH excluding ortho intramolecular Hbond substituents is 1.